The van der Waals surface area contributed by atoms with Gasteiger partial charge in [-0.3, -0.25) is 4.79 Å². The highest BCUT2D eigenvalue weighted by molar-refractivity contribution is 7.89. The van der Waals surface area contributed by atoms with E-state index in [9.17, 15) is 13.2 Å². The predicted molar refractivity (Wildman–Crippen MR) is 128 cm³/mol. The molecule has 0 aliphatic heterocycles. The van der Waals surface area contributed by atoms with Gasteiger partial charge in [0.1, 0.15) is 11.5 Å². The van der Waals surface area contributed by atoms with E-state index in [0.717, 1.165) is 11.1 Å². The molecule has 0 fully saturated rings. The fraction of sp³-hybridized carbons (Fsp3) is 0.240. The second-order valence-corrected chi connectivity index (χ2v) is 9.44. The van der Waals surface area contributed by atoms with Crippen LogP contribution in [-0.2, 0) is 21.2 Å². The molecular formula is C25H28N2O5S. The third kappa shape index (κ3) is 6.34. The maximum absolute atomic E-state index is 13.4. The van der Waals surface area contributed by atoms with E-state index >= 15 is 0 Å². The van der Waals surface area contributed by atoms with E-state index in [4.69, 9.17) is 9.47 Å². The van der Waals surface area contributed by atoms with Crippen molar-refractivity contribution in [3.05, 3.63) is 83.9 Å². The molecular weight excluding hydrogens is 440 g/mol. The Labute approximate surface area is 195 Å². The summed E-state index contributed by atoms with van der Waals surface area (Å²) in [7, 11) is -0.861. The number of carbonyl (C=O) groups excluding carboxylic acids is 1. The van der Waals surface area contributed by atoms with Gasteiger partial charge in [-0.1, -0.05) is 48.0 Å². The molecule has 0 bridgehead atoms. The minimum atomic E-state index is -3.88. The molecule has 3 aromatic rings. The van der Waals surface area contributed by atoms with E-state index in [1.165, 1.54) is 18.5 Å². The molecule has 1 N–H and O–H groups in total. The number of anilines is 1. The Morgan fingerprint density at radius 1 is 0.939 bits per heavy atom. The molecule has 0 unspecified atom stereocenters. The van der Waals surface area contributed by atoms with Crippen LogP contribution in [-0.4, -0.2) is 45.9 Å². The predicted octanol–water partition coefficient (Wildman–Crippen LogP) is 3.88. The Kier molecular flexibility index (Phi) is 8.08. The summed E-state index contributed by atoms with van der Waals surface area (Å²) >= 11 is 0. The maximum Gasteiger partial charge on any atom is 0.243 e. The molecule has 1 amide bonds. The van der Waals surface area contributed by atoms with Gasteiger partial charge in [-0.15, -0.1) is 0 Å². The summed E-state index contributed by atoms with van der Waals surface area (Å²) in [5.74, 6) is 0.526. The molecule has 0 atom stereocenters. The highest BCUT2D eigenvalue weighted by Crippen LogP contribution is 2.29. The molecule has 0 aromatic heterocycles. The van der Waals surface area contributed by atoms with Crippen LogP contribution < -0.4 is 14.8 Å². The SMILES string of the molecule is COc1ccc(NC(=O)CN(CCc2ccccc2)S(=O)(=O)c2ccc(C)cc2)c(OC)c1. The van der Waals surface area contributed by atoms with Gasteiger partial charge in [0.2, 0.25) is 15.9 Å². The van der Waals surface area contributed by atoms with Crippen LogP contribution in [0.25, 0.3) is 0 Å². The molecule has 3 rings (SSSR count). The Hall–Kier alpha value is -3.36. The van der Waals surface area contributed by atoms with Crippen molar-refractivity contribution in [2.24, 2.45) is 0 Å². The second kappa shape index (κ2) is 11.0. The summed E-state index contributed by atoms with van der Waals surface area (Å²) in [4.78, 5) is 13.0. The summed E-state index contributed by atoms with van der Waals surface area (Å²) in [6.45, 7) is 1.71. The van der Waals surface area contributed by atoms with Gasteiger partial charge in [-0.25, -0.2) is 8.42 Å². The molecule has 174 valence electrons. The van der Waals surface area contributed by atoms with Crippen LogP contribution in [0.3, 0.4) is 0 Å². The Bertz CT molecular complexity index is 1180. The lowest BCUT2D eigenvalue weighted by Gasteiger charge is -2.22. The standard InChI is InChI=1S/C25H28N2O5S/c1-19-9-12-22(13-10-19)33(29,30)27(16-15-20-7-5-4-6-8-20)18-25(28)26-23-14-11-21(31-2)17-24(23)32-3/h4-14,17H,15-16,18H2,1-3H3,(H,26,28). The molecule has 3 aromatic carbocycles. The van der Waals surface area contributed by atoms with E-state index in [1.54, 1.807) is 42.5 Å². The van der Waals surface area contributed by atoms with Crippen molar-refractivity contribution < 1.29 is 22.7 Å². The maximum atomic E-state index is 13.4. The van der Waals surface area contributed by atoms with Crippen molar-refractivity contribution in [1.82, 2.24) is 4.31 Å². The van der Waals surface area contributed by atoms with Gasteiger partial charge >= 0.3 is 0 Å². The number of methoxy groups -OCH3 is 2. The average Bonchev–Trinajstić information content (AvgIpc) is 2.82. The summed E-state index contributed by atoms with van der Waals surface area (Å²) in [6, 6.07) is 21.1. The van der Waals surface area contributed by atoms with Crippen LogP contribution in [0, 0.1) is 6.92 Å². The van der Waals surface area contributed by atoms with Gasteiger partial charge in [0, 0.05) is 12.6 Å². The smallest absolute Gasteiger partial charge is 0.243 e. The topological polar surface area (TPSA) is 84.9 Å². The number of hydrogen-bond acceptors (Lipinski definition) is 5. The summed E-state index contributed by atoms with van der Waals surface area (Å²) in [6.07, 6.45) is 0.477. The first-order valence-electron chi connectivity index (χ1n) is 10.5. The van der Waals surface area contributed by atoms with Crippen LogP contribution >= 0.6 is 0 Å². The number of carbonyl (C=O) groups is 1. The van der Waals surface area contributed by atoms with Crippen molar-refractivity contribution in [3.63, 3.8) is 0 Å². The number of hydrogen-bond donors (Lipinski definition) is 1. The third-order valence-electron chi connectivity index (χ3n) is 5.15. The molecule has 7 nitrogen and oxygen atoms in total. The number of aryl methyl sites for hydroxylation is 1. The van der Waals surface area contributed by atoms with Crippen LogP contribution in [0.15, 0.2) is 77.7 Å². The zero-order valence-electron chi connectivity index (χ0n) is 18.9. The minimum absolute atomic E-state index is 0.149. The van der Waals surface area contributed by atoms with Crippen LogP contribution in [0.5, 0.6) is 11.5 Å². The number of rotatable bonds is 10. The molecule has 0 aliphatic carbocycles. The van der Waals surface area contributed by atoms with Gasteiger partial charge in [0.25, 0.3) is 0 Å². The lowest BCUT2D eigenvalue weighted by Crippen LogP contribution is -2.39. The van der Waals surface area contributed by atoms with Crippen molar-refractivity contribution in [3.8, 4) is 11.5 Å². The van der Waals surface area contributed by atoms with Gasteiger partial charge in [0.15, 0.2) is 0 Å². The number of sulfonamides is 1. The molecule has 33 heavy (non-hydrogen) atoms. The molecule has 0 spiro atoms. The van der Waals surface area contributed by atoms with E-state index in [1.807, 2.05) is 37.3 Å². The van der Waals surface area contributed by atoms with Crippen LogP contribution in [0.1, 0.15) is 11.1 Å². The van der Waals surface area contributed by atoms with E-state index in [2.05, 4.69) is 5.32 Å². The van der Waals surface area contributed by atoms with Crippen molar-refractivity contribution in [2.75, 3.05) is 32.6 Å². The lowest BCUT2D eigenvalue weighted by atomic mass is 10.1. The van der Waals surface area contributed by atoms with Crippen molar-refractivity contribution in [1.29, 1.82) is 0 Å². The summed E-state index contributed by atoms with van der Waals surface area (Å²) in [5, 5.41) is 2.75. The van der Waals surface area contributed by atoms with Gasteiger partial charge in [0.05, 0.1) is 31.3 Å². The summed E-state index contributed by atoms with van der Waals surface area (Å²) < 4.78 is 38.4. The highest BCUT2D eigenvalue weighted by Gasteiger charge is 2.27. The van der Waals surface area contributed by atoms with Crippen molar-refractivity contribution in [2.45, 2.75) is 18.2 Å². The molecule has 0 heterocycles. The number of ether oxygens (including phenoxy) is 2. The number of amides is 1. The average molecular weight is 469 g/mol. The quantitative estimate of drug-likeness (QED) is 0.488. The van der Waals surface area contributed by atoms with Gasteiger partial charge in [-0.2, -0.15) is 4.31 Å². The fourth-order valence-corrected chi connectivity index (χ4v) is 4.69. The number of nitrogens with zero attached hydrogens (tertiary/aromatic N) is 1. The molecule has 0 saturated heterocycles. The second-order valence-electron chi connectivity index (χ2n) is 7.50. The first-order valence-corrected chi connectivity index (χ1v) is 11.9. The Balaban J connectivity index is 1.82. The normalized spacial score (nSPS) is 11.3. The zero-order chi connectivity index (χ0) is 23.8. The van der Waals surface area contributed by atoms with E-state index in [-0.39, 0.29) is 18.0 Å². The molecule has 0 saturated carbocycles. The molecule has 0 aliphatic rings. The monoisotopic (exact) mass is 468 g/mol. The first-order chi connectivity index (χ1) is 15.8. The largest absolute Gasteiger partial charge is 0.497 e. The van der Waals surface area contributed by atoms with Crippen LogP contribution in [0.2, 0.25) is 0 Å². The molecule has 0 radical (unpaired) electrons. The zero-order valence-corrected chi connectivity index (χ0v) is 19.8. The molecule has 8 heteroatoms. The Morgan fingerprint density at radius 2 is 1.64 bits per heavy atom. The van der Waals surface area contributed by atoms with E-state index in [0.29, 0.717) is 23.6 Å². The fourth-order valence-electron chi connectivity index (χ4n) is 3.29. The summed E-state index contributed by atoms with van der Waals surface area (Å²) in [5.41, 5.74) is 2.37. The minimum Gasteiger partial charge on any atom is -0.497 e. The van der Waals surface area contributed by atoms with Gasteiger partial charge in [-0.05, 0) is 43.2 Å². The Morgan fingerprint density at radius 3 is 2.27 bits per heavy atom. The number of benzene rings is 3. The lowest BCUT2D eigenvalue weighted by molar-refractivity contribution is -0.116. The van der Waals surface area contributed by atoms with E-state index < -0.39 is 15.9 Å². The van der Waals surface area contributed by atoms with Crippen molar-refractivity contribution >= 4 is 21.6 Å². The first kappa shape index (κ1) is 24.3. The van der Waals surface area contributed by atoms with Crippen LogP contribution in [0.4, 0.5) is 5.69 Å². The highest BCUT2D eigenvalue weighted by atomic mass is 32.2. The number of nitrogens with one attached hydrogen (secondary N) is 1. The third-order valence-corrected chi connectivity index (χ3v) is 7.01. The van der Waals surface area contributed by atoms with Gasteiger partial charge < -0.3 is 14.8 Å².